The minimum absolute atomic E-state index is 0.0573. The quantitative estimate of drug-likeness (QED) is 0.384. The zero-order valence-corrected chi connectivity index (χ0v) is 17.3. The van der Waals surface area contributed by atoms with Crippen LogP contribution >= 0.6 is 11.3 Å². The van der Waals surface area contributed by atoms with Gasteiger partial charge in [-0.25, -0.2) is 4.98 Å². The second-order valence-corrected chi connectivity index (χ2v) is 6.72. The molecule has 0 atom stereocenters. The van der Waals surface area contributed by atoms with Gasteiger partial charge in [0.25, 0.3) is 5.91 Å². The number of methoxy groups -OCH3 is 2. The van der Waals surface area contributed by atoms with Crippen molar-refractivity contribution in [2.75, 3.05) is 32.3 Å². The summed E-state index contributed by atoms with van der Waals surface area (Å²) >= 11 is 1.24. The van der Waals surface area contributed by atoms with Crippen LogP contribution in [0.15, 0.2) is 35.2 Å². The molecule has 0 spiro atoms. The molecule has 1 aromatic heterocycles. The van der Waals surface area contributed by atoms with Crippen molar-refractivity contribution in [1.82, 2.24) is 10.3 Å². The molecule has 0 aliphatic carbocycles. The molecule has 1 aromatic carbocycles. The number of nitrogens with one attached hydrogen (secondary N) is 1. The molecule has 29 heavy (non-hydrogen) atoms. The van der Waals surface area contributed by atoms with E-state index in [4.69, 9.17) is 9.47 Å². The molecule has 0 unspecified atom stereocenters. The normalized spacial score (nSPS) is 10.9. The summed E-state index contributed by atoms with van der Waals surface area (Å²) in [6.45, 7) is 2.37. The van der Waals surface area contributed by atoms with Crippen LogP contribution in [0, 0.1) is 11.3 Å². The maximum atomic E-state index is 12.2. The van der Waals surface area contributed by atoms with E-state index in [0.717, 1.165) is 0 Å². The molecule has 2 aromatic rings. The summed E-state index contributed by atoms with van der Waals surface area (Å²) in [5.41, 5.74) is 1.01. The third-order valence-electron chi connectivity index (χ3n) is 3.81. The molecular weight excluding hydrogens is 392 g/mol. The number of carbonyl (C=O) groups excluding carboxylic acids is 2. The third kappa shape index (κ3) is 6.14. The number of ether oxygens (including phenoxy) is 2. The van der Waals surface area contributed by atoms with Crippen LogP contribution in [-0.4, -0.2) is 44.2 Å². The van der Waals surface area contributed by atoms with E-state index in [1.54, 1.807) is 43.9 Å². The van der Waals surface area contributed by atoms with Gasteiger partial charge in [-0.1, -0.05) is 0 Å². The fourth-order valence-corrected chi connectivity index (χ4v) is 3.26. The highest BCUT2D eigenvalue weighted by Gasteiger charge is 2.18. The Labute approximate surface area is 173 Å². The SMILES string of the molecule is COCCCNC(=O)/C(C#N)=C/c1csc(N(C(C)=O)c2ccc(OC)cc2)n1. The number of aromatic nitrogens is 1. The van der Waals surface area contributed by atoms with Gasteiger partial charge in [0, 0.05) is 32.6 Å². The van der Waals surface area contributed by atoms with E-state index in [9.17, 15) is 14.9 Å². The van der Waals surface area contributed by atoms with Gasteiger partial charge >= 0.3 is 0 Å². The van der Waals surface area contributed by atoms with Crippen molar-refractivity contribution in [1.29, 1.82) is 5.26 Å². The molecule has 1 N–H and O–H groups in total. The van der Waals surface area contributed by atoms with Crippen LogP contribution in [-0.2, 0) is 14.3 Å². The fourth-order valence-electron chi connectivity index (χ4n) is 2.41. The molecule has 8 nitrogen and oxygen atoms in total. The first-order valence-corrected chi connectivity index (χ1v) is 9.67. The number of amides is 2. The van der Waals surface area contributed by atoms with Crippen molar-refractivity contribution in [3.63, 3.8) is 0 Å². The Morgan fingerprint density at radius 2 is 2.03 bits per heavy atom. The Balaban J connectivity index is 2.19. The average Bonchev–Trinajstić information content (AvgIpc) is 3.17. The fraction of sp³-hybridized carbons (Fsp3) is 0.300. The predicted octanol–water partition coefficient (Wildman–Crippen LogP) is 2.90. The lowest BCUT2D eigenvalue weighted by atomic mass is 10.2. The number of thiazole rings is 1. The summed E-state index contributed by atoms with van der Waals surface area (Å²) in [6.07, 6.45) is 2.05. The summed E-state index contributed by atoms with van der Waals surface area (Å²) in [5, 5.41) is 14.1. The molecule has 9 heteroatoms. The molecule has 0 radical (unpaired) electrons. The van der Waals surface area contributed by atoms with E-state index in [2.05, 4.69) is 10.3 Å². The summed E-state index contributed by atoms with van der Waals surface area (Å²) < 4.78 is 10.1. The molecule has 0 aliphatic heterocycles. The first-order chi connectivity index (χ1) is 14.0. The van der Waals surface area contributed by atoms with Gasteiger partial charge in [0.1, 0.15) is 17.4 Å². The van der Waals surface area contributed by atoms with Crippen LogP contribution in [0.1, 0.15) is 19.0 Å². The predicted molar refractivity (Wildman–Crippen MR) is 111 cm³/mol. The summed E-state index contributed by atoms with van der Waals surface area (Å²) in [6, 6.07) is 8.90. The van der Waals surface area contributed by atoms with Crippen LogP contribution in [0.5, 0.6) is 5.75 Å². The number of rotatable bonds is 9. The van der Waals surface area contributed by atoms with Gasteiger partial charge in [-0.2, -0.15) is 5.26 Å². The Morgan fingerprint density at radius 3 is 2.62 bits per heavy atom. The zero-order valence-electron chi connectivity index (χ0n) is 16.5. The highest BCUT2D eigenvalue weighted by Crippen LogP contribution is 2.30. The van der Waals surface area contributed by atoms with E-state index in [0.29, 0.717) is 41.8 Å². The van der Waals surface area contributed by atoms with Gasteiger partial charge in [0.05, 0.1) is 18.5 Å². The number of benzene rings is 1. The van der Waals surface area contributed by atoms with E-state index >= 15 is 0 Å². The topological polar surface area (TPSA) is 105 Å². The van der Waals surface area contributed by atoms with Crippen LogP contribution in [0.2, 0.25) is 0 Å². The summed E-state index contributed by atoms with van der Waals surface area (Å²) in [7, 11) is 3.15. The van der Waals surface area contributed by atoms with Gasteiger partial charge in [-0.15, -0.1) is 11.3 Å². The van der Waals surface area contributed by atoms with E-state index in [1.807, 2.05) is 6.07 Å². The standard InChI is InChI=1S/C20H22N4O4S/c1-14(25)24(17-5-7-18(28-3)8-6-17)20-23-16(13-29-20)11-15(12-21)19(26)22-9-4-10-27-2/h5-8,11,13H,4,9-10H2,1-3H3,(H,22,26)/b15-11+. The Morgan fingerprint density at radius 1 is 1.31 bits per heavy atom. The highest BCUT2D eigenvalue weighted by molar-refractivity contribution is 7.14. The van der Waals surface area contributed by atoms with Gasteiger partial charge < -0.3 is 14.8 Å². The van der Waals surface area contributed by atoms with Crippen LogP contribution < -0.4 is 15.0 Å². The van der Waals surface area contributed by atoms with Crippen molar-refractivity contribution in [2.45, 2.75) is 13.3 Å². The summed E-state index contributed by atoms with van der Waals surface area (Å²) in [5.74, 6) is -0.0108. The van der Waals surface area contributed by atoms with Crippen molar-refractivity contribution in [3.05, 3.63) is 40.9 Å². The van der Waals surface area contributed by atoms with Gasteiger partial charge in [-0.05, 0) is 36.8 Å². The minimum Gasteiger partial charge on any atom is -0.497 e. The minimum atomic E-state index is -0.475. The first-order valence-electron chi connectivity index (χ1n) is 8.79. The number of hydrogen-bond donors (Lipinski definition) is 1. The molecule has 2 rings (SSSR count). The van der Waals surface area contributed by atoms with Crippen molar-refractivity contribution in [3.8, 4) is 11.8 Å². The second kappa shape index (κ2) is 10.9. The van der Waals surface area contributed by atoms with Crippen LogP contribution in [0.3, 0.4) is 0 Å². The van der Waals surface area contributed by atoms with Gasteiger partial charge in [0.15, 0.2) is 5.13 Å². The molecule has 2 amide bonds. The monoisotopic (exact) mass is 414 g/mol. The molecule has 0 fully saturated rings. The van der Waals surface area contributed by atoms with Gasteiger partial charge in [-0.3, -0.25) is 14.5 Å². The average molecular weight is 414 g/mol. The zero-order chi connectivity index (χ0) is 21.2. The number of hydrogen-bond acceptors (Lipinski definition) is 7. The molecule has 0 saturated carbocycles. The van der Waals surface area contributed by atoms with E-state index in [-0.39, 0.29) is 11.5 Å². The van der Waals surface area contributed by atoms with E-state index < -0.39 is 5.91 Å². The van der Waals surface area contributed by atoms with Crippen LogP contribution in [0.25, 0.3) is 6.08 Å². The molecule has 0 aliphatic rings. The molecule has 152 valence electrons. The van der Waals surface area contributed by atoms with Crippen molar-refractivity contribution < 1.29 is 19.1 Å². The largest absolute Gasteiger partial charge is 0.497 e. The van der Waals surface area contributed by atoms with Crippen molar-refractivity contribution >= 4 is 40.0 Å². The molecule has 0 bridgehead atoms. The number of carbonyl (C=O) groups is 2. The summed E-state index contributed by atoms with van der Waals surface area (Å²) in [4.78, 5) is 30.2. The highest BCUT2D eigenvalue weighted by atomic mass is 32.1. The maximum absolute atomic E-state index is 12.2. The van der Waals surface area contributed by atoms with Crippen LogP contribution in [0.4, 0.5) is 10.8 Å². The van der Waals surface area contributed by atoms with Gasteiger partial charge in [0.2, 0.25) is 5.91 Å². The lowest BCUT2D eigenvalue weighted by Crippen LogP contribution is -2.26. The number of nitriles is 1. The third-order valence-corrected chi connectivity index (χ3v) is 4.66. The lowest BCUT2D eigenvalue weighted by molar-refractivity contribution is -0.117. The molecule has 0 saturated heterocycles. The van der Waals surface area contributed by atoms with Crippen molar-refractivity contribution in [2.24, 2.45) is 0 Å². The Hall–Kier alpha value is -3.22. The molecule has 1 heterocycles. The maximum Gasteiger partial charge on any atom is 0.262 e. The molecular formula is C20H22N4O4S. The smallest absolute Gasteiger partial charge is 0.262 e. The Kier molecular flexibility index (Phi) is 8.33. The second-order valence-electron chi connectivity index (χ2n) is 5.88. The van der Waals surface area contributed by atoms with E-state index in [1.165, 1.54) is 29.2 Å². The first kappa shape index (κ1) is 22.1. The lowest BCUT2D eigenvalue weighted by Gasteiger charge is -2.18. The Bertz CT molecular complexity index is 915. The number of anilines is 2. The number of nitrogens with zero attached hydrogens (tertiary/aromatic N) is 3.